The SMILES string of the molecule is CN=C(NCC(c1ccc(OC)c(OC)c1)N(C)C)NCC1(c2cccc(F)c2)CC1.I. The molecule has 1 unspecified atom stereocenters. The molecular formula is C24H34FIN4O2. The average molecular weight is 556 g/mol. The molecule has 0 spiro atoms. The molecule has 0 radical (unpaired) electrons. The normalized spacial score (nSPS) is 15.5. The van der Waals surface area contributed by atoms with Crippen LogP contribution in [0.5, 0.6) is 11.5 Å². The van der Waals surface area contributed by atoms with Crippen LogP contribution >= 0.6 is 24.0 Å². The van der Waals surface area contributed by atoms with E-state index in [1.165, 1.54) is 6.07 Å². The van der Waals surface area contributed by atoms with Crippen molar-refractivity contribution in [2.75, 3.05) is 48.5 Å². The van der Waals surface area contributed by atoms with Crippen LogP contribution in [-0.4, -0.2) is 59.3 Å². The fourth-order valence-corrected chi connectivity index (χ4v) is 3.86. The summed E-state index contributed by atoms with van der Waals surface area (Å²) in [6.45, 7) is 1.38. The number of benzene rings is 2. The van der Waals surface area contributed by atoms with Gasteiger partial charge in [0.1, 0.15) is 5.82 Å². The van der Waals surface area contributed by atoms with Crippen LogP contribution in [0.4, 0.5) is 4.39 Å². The third-order valence-corrected chi connectivity index (χ3v) is 5.99. The van der Waals surface area contributed by atoms with Crippen molar-refractivity contribution >= 4 is 29.9 Å². The first-order chi connectivity index (χ1) is 14.9. The molecule has 8 heteroatoms. The van der Waals surface area contributed by atoms with E-state index in [9.17, 15) is 4.39 Å². The number of hydrogen-bond donors (Lipinski definition) is 2. The van der Waals surface area contributed by atoms with Crippen LogP contribution < -0.4 is 20.1 Å². The Bertz CT molecular complexity index is 919. The van der Waals surface area contributed by atoms with Crippen molar-refractivity contribution in [3.8, 4) is 11.5 Å². The van der Waals surface area contributed by atoms with Gasteiger partial charge >= 0.3 is 0 Å². The van der Waals surface area contributed by atoms with Gasteiger partial charge in [-0.15, -0.1) is 24.0 Å². The minimum absolute atomic E-state index is 0. The van der Waals surface area contributed by atoms with Crippen LogP contribution in [-0.2, 0) is 5.41 Å². The molecule has 1 fully saturated rings. The number of nitrogens with one attached hydrogen (secondary N) is 2. The lowest BCUT2D eigenvalue weighted by atomic mass is 9.96. The third kappa shape index (κ3) is 6.25. The number of aliphatic imine (C=N–C) groups is 1. The Balaban J connectivity index is 0.00000363. The molecule has 1 atom stereocenters. The summed E-state index contributed by atoms with van der Waals surface area (Å²) in [7, 11) is 9.13. The summed E-state index contributed by atoms with van der Waals surface area (Å²) in [5, 5.41) is 6.86. The number of methoxy groups -OCH3 is 2. The summed E-state index contributed by atoms with van der Waals surface area (Å²) in [5.41, 5.74) is 2.15. The van der Waals surface area contributed by atoms with Crippen LogP contribution in [0.1, 0.15) is 30.0 Å². The first-order valence-electron chi connectivity index (χ1n) is 10.5. The van der Waals surface area contributed by atoms with Gasteiger partial charge in [0.05, 0.1) is 20.3 Å². The summed E-state index contributed by atoms with van der Waals surface area (Å²) >= 11 is 0. The maximum atomic E-state index is 13.7. The number of nitrogens with zero attached hydrogens (tertiary/aromatic N) is 2. The van der Waals surface area contributed by atoms with Crippen LogP contribution in [0.3, 0.4) is 0 Å². The van der Waals surface area contributed by atoms with Gasteiger partial charge in [0.15, 0.2) is 17.5 Å². The van der Waals surface area contributed by atoms with Gasteiger partial charge in [-0.2, -0.15) is 0 Å². The average Bonchev–Trinajstić information content (AvgIpc) is 3.56. The molecule has 6 nitrogen and oxygen atoms in total. The summed E-state index contributed by atoms with van der Waals surface area (Å²) in [6, 6.07) is 13.0. The molecule has 2 N–H and O–H groups in total. The van der Waals surface area contributed by atoms with Crippen LogP contribution in [0.25, 0.3) is 0 Å². The molecule has 0 aliphatic heterocycles. The third-order valence-electron chi connectivity index (χ3n) is 5.99. The van der Waals surface area contributed by atoms with E-state index in [-0.39, 0.29) is 41.3 Å². The zero-order chi connectivity index (χ0) is 22.4. The van der Waals surface area contributed by atoms with Gasteiger partial charge < -0.3 is 25.0 Å². The highest BCUT2D eigenvalue weighted by Gasteiger charge is 2.44. The molecule has 0 saturated heterocycles. The molecule has 0 amide bonds. The van der Waals surface area contributed by atoms with Crippen LogP contribution in [0.15, 0.2) is 47.5 Å². The number of ether oxygens (including phenoxy) is 2. The Morgan fingerprint density at radius 3 is 2.38 bits per heavy atom. The fraction of sp³-hybridized carbons (Fsp3) is 0.458. The second-order valence-corrected chi connectivity index (χ2v) is 8.19. The van der Waals surface area contributed by atoms with Crippen molar-refractivity contribution in [1.82, 2.24) is 15.5 Å². The highest BCUT2D eigenvalue weighted by atomic mass is 127. The summed E-state index contributed by atoms with van der Waals surface area (Å²) in [6.07, 6.45) is 2.10. The summed E-state index contributed by atoms with van der Waals surface area (Å²) in [5.74, 6) is 1.96. The van der Waals surface area contributed by atoms with E-state index in [1.54, 1.807) is 33.4 Å². The van der Waals surface area contributed by atoms with E-state index in [0.29, 0.717) is 18.0 Å². The van der Waals surface area contributed by atoms with Gasteiger partial charge in [0.25, 0.3) is 0 Å². The standard InChI is InChI=1S/C24H33FN4O2.HI/c1-26-23(28-16-24(11-12-24)18-7-6-8-19(25)14-18)27-15-20(29(2)3)17-9-10-21(30-4)22(13-17)31-5;/h6-10,13-14,20H,11-12,15-16H2,1-5H3,(H2,26,27,28);1H. The van der Waals surface area contributed by atoms with E-state index in [0.717, 1.165) is 36.5 Å². The number of rotatable bonds is 9. The number of hydrogen-bond acceptors (Lipinski definition) is 4. The first kappa shape index (κ1) is 26.2. The van der Waals surface area contributed by atoms with E-state index in [2.05, 4.69) is 20.5 Å². The molecule has 176 valence electrons. The highest BCUT2D eigenvalue weighted by molar-refractivity contribution is 14.0. The van der Waals surface area contributed by atoms with Gasteiger partial charge in [-0.1, -0.05) is 18.2 Å². The number of likely N-dealkylation sites (N-methyl/N-ethyl adjacent to an activating group) is 1. The zero-order valence-electron chi connectivity index (χ0n) is 19.4. The second-order valence-electron chi connectivity index (χ2n) is 8.19. The van der Waals surface area contributed by atoms with Gasteiger partial charge in [-0.25, -0.2) is 4.39 Å². The molecule has 3 rings (SSSR count). The molecule has 1 aliphatic carbocycles. The molecule has 0 bridgehead atoms. The Labute approximate surface area is 207 Å². The van der Waals surface area contributed by atoms with E-state index < -0.39 is 0 Å². The predicted octanol–water partition coefficient (Wildman–Crippen LogP) is 3.96. The van der Waals surface area contributed by atoms with Crippen molar-refractivity contribution in [2.24, 2.45) is 4.99 Å². The maximum Gasteiger partial charge on any atom is 0.191 e. The Hall–Kier alpha value is -2.07. The zero-order valence-corrected chi connectivity index (χ0v) is 21.8. The van der Waals surface area contributed by atoms with Crippen molar-refractivity contribution in [1.29, 1.82) is 0 Å². The Kier molecular flexibility index (Phi) is 9.57. The molecule has 2 aromatic rings. The minimum Gasteiger partial charge on any atom is -0.493 e. The lowest BCUT2D eigenvalue weighted by Crippen LogP contribution is -2.44. The second kappa shape index (κ2) is 11.7. The van der Waals surface area contributed by atoms with Crippen LogP contribution in [0, 0.1) is 5.82 Å². The smallest absolute Gasteiger partial charge is 0.191 e. The van der Waals surface area contributed by atoms with Gasteiger partial charge in [0, 0.05) is 25.6 Å². The largest absolute Gasteiger partial charge is 0.493 e. The summed E-state index contributed by atoms with van der Waals surface area (Å²) < 4.78 is 24.5. The lowest BCUT2D eigenvalue weighted by molar-refractivity contribution is 0.295. The monoisotopic (exact) mass is 556 g/mol. The quantitative estimate of drug-likeness (QED) is 0.278. The molecular weight excluding hydrogens is 522 g/mol. The minimum atomic E-state index is -0.185. The van der Waals surface area contributed by atoms with E-state index in [4.69, 9.17) is 9.47 Å². The number of halogens is 2. The molecule has 1 saturated carbocycles. The van der Waals surface area contributed by atoms with E-state index in [1.807, 2.05) is 38.4 Å². The van der Waals surface area contributed by atoms with Gasteiger partial charge in [0.2, 0.25) is 0 Å². The van der Waals surface area contributed by atoms with Crippen molar-refractivity contribution in [3.05, 3.63) is 59.4 Å². The fourth-order valence-electron chi connectivity index (χ4n) is 3.86. The van der Waals surface area contributed by atoms with Gasteiger partial charge in [-0.05, 0) is 62.3 Å². The predicted molar refractivity (Wildman–Crippen MR) is 138 cm³/mol. The van der Waals surface area contributed by atoms with Gasteiger partial charge in [-0.3, -0.25) is 4.99 Å². The molecule has 0 heterocycles. The van der Waals surface area contributed by atoms with E-state index >= 15 is 0 Å². The maximum absolute atomic E-state index is 13.7. The Morgan fingerprint density at radius 1 is 1.09 bits per heavy atom. The summed E-state index contributed by atoms with van der Waals surface area (Å²) in [4.78, 5) is 6.52. The molecule has 1 aliphatic rings. The number of guanidine groups is 1. The molecule has 0 aromatic heterocycles. The van der Waals surface area contributed by atoms with Crippen molar-refractivity contribution in [2.45, 2.75) is 24.3 Å². The molecule has 2 aromatic carbocycles. The highest BCUT2D eigenvalue weighted by Crippen LogP contribution is 2.47. The van der Waals surface area contributed by atoms with Crippen molar-refractivity contribution < 1.29 is 13.9 Å². The first-order valence-corrected chi connectivity index (χ1v) is 10.5. The Morgan fingerprint density at radius 2 is 1.81 bits per heavy atom. The molecule has 32 heavy (non-hydrogen) atoms. The van der Waals surface area contributed by atoms with Crippen molar-refractivity contribution in [3.63, 3.8) is 0 Å². The van der Waals surface area contributed by atoms with Crippen LogP contribution in [0.2, 0.25) is 0 Å². The lowest BCUT2D eigenvalue weighted by Gasteiger charge is -2.27. The topological polar surface area (TPSA) is 58.1 Å².